The van der Waals surface area contributed by atoms with Gasteiger partial charge in [-0.15, -0.1) is 0 Å². The highest BCUT2D eigenvalue weighted by molar-refractivity contribution is 5.76. The number of rotatable bonds is 7. The molecule has 0 aliphatic carbocycles. The first-order chi connectivity index (χ1) is 11.5. The molecule has 0 heterocycles. The minimum Gasteiger partial charge on any atom is -0.351 e. The molecule has 5 heteroatoms. The Kier molecular flexibility index (Phi) is 6.44. The Bertz CT molecular complexity index is 704. The van der Waals surface area contributed by atoms with Crippen molar-refractivity contribution < 1.29 is 18.9 Å². The third-order valence-corrected chi connectivity index (χ3v) is 4.10. The van der Waals surface area contributed by atoms with Crippen LogP contribution < -0.4 is 10.6 Å². The molecule has 0 bridgehead atoms. The van der Waals surface area contributed by atoms with Crippen molar-refractivity contribution in [2.75, 3.05) is 13.1 Å². The predicted molar refractivity (Wildman–Crippen MR) is 89.5 cm³/mol. The van der Waals surface area contributed by atoms with E-state index in [0.29, 0.717) is 12.1 Å². The molecule has 0 aliphatic rings. The van der Waals surface area contributed by atoms with E-state index in [1.165, 1.54) is 23.3 Å². The quantitative estimate of drug-likeness (QED) is 0.802. The Morgan fingerprint density at radius 3 is 2.62 bits per heavy atom. The van der Waals surface area contributed by atoms with Crippen LogP contribution in [-0.4, -0.2) is 19.0 Å². The Hall–Kier alpha value is -2.27. The molecule has 0 saturated carbocycles. The van der Waals surface area contributed by atoms with Gasteiger partial charge in [-0.25, -0.2) is 8.78 Å². The Balaban J connectivity index is 1.74. The molecular weight excluding hydrogens is 310 g/mol. The molecule has 0 unspecified atom stereocenters. The zero-order chi connectivity index (χ0) is 17.5. The number of aryl methyl sites for hydroxylation is 1. The zero-order valence-electron chi connectivity index (χ0n) is 14.0. The fourth-order valence-electron chi connectivity index (χ4n) is 2.51. The maximum Gasteiger partial charge on any atom is 0.275 e. The van der Waals surface area contributed by atoms with E-state index in [-0.39, 0.29) is 18.5 Å². The Morgan fingerprint density at radius 2 is 1.92 bits per heavy atom. The molecular formula is C19H23F2N2O+. The smallest absolute Gasteiger partial charge is 0.275 e. The lowest BCUT2D eigenvalue weighted by molar-refractivity contribution is -0.682. The number of amides is 1. The van der Waals surface area contributed by atoms with E-state index in [1.807, 2.05) is 19.1 Å². The first kappa shape index (κ1) is 18.1. The van der Waals surface area contributed by atoms with Crippen LogP contribution in [0.5, 0.6) is 0 Å². The van der Waals surface area contributed by atoms with Crippen molar-refractivity contribution >= 4 is 5.91 Å². The maximum atomic E-state index is 13.2. The monoisotopic (exact) mass is 333 g/mol. The number of benzene rings is 2. The molecule has 0 radical (unpaired) electrons. The highest BCUT2D eigenvalue weighted by Crippen LogP contribution is 2.13. The molecule has 0 fully saturated rings. The van der Waals surface area contributed by atoms with Crippen LogP contribution in [-0.2, 0) is 11.2 Å². The zero-order valence-corrected chi connectivity index (χ0v) is 14.0. The van der Waals surface area contributed by atoms with Crippen molar-refractivity contribution in [3.05, 3.63) is 70.8 Å². The van der Waals surface area contributed by atoms with Gasteiger partial charge in [-0.05, 0) is 49.6 Å². The van der Waals surface area contributed by atoms with Gasteiger partial charge in [0.25, 0.3) is 5.91 Å². The van der Waals surface area contributed by atoms with E-state index in [4.69, 9.17) is 0 Å². The summed E-state index contributed by atoms with van der Waals surface area (Å²) < 4.78 is 26.2. The van der Waals surface area contributed by atoms with Crippen LogP contribution >= 0.6 is 0 Å². The molecule has 128 valence electrons. The SMILES string of the molecule is Cc1ccccc1CCNC(=O)C[NH2+][C@@H](C)c1ccc(F)c(F)c1. The number of hydrogen-bond acceptors (Lipinski definition) is 1. The molecule has 2 rings (SSSR count). The van der Waals surface area contributed by atoms with E-state index < -0.39 is 11.6 Å². The molecule has 3 N–H and O–H groups in total. The maximum absolute atomic E-state index is 13.2. The van der Waals surface area contributed by atoms with Gasteiger partial charge in [-0.2, -0.15) is 0 Å². The topological polar surface area (TPSA) is 45.7 Å². The summed E-state index contributed by atoms with van der Waals surface area (Å²) >= 11 is 0. The number of halogens is 2. The number of nitrogens with one attached hydrogen (secondary N) is 1. The van der Waals surface area contributed by atoms with Crippen LogP contribution in [0.1, 0.15) is 29.7 Å². The van der Waals surface area contributed by atoms with Gasteiger partial charge in [0.05, 0.1) is 0 Å². The van der Waals surface area contributed by atoms with Crippen LogP contribution in [0.3, 0.4) is 0 Å². The van der Waals surface area contributed by atoms with E-state index in [2.05, 4.69) is 24.4 Å². The van der Waals surface area contributed by atoms with Crippen molar-refractivity contribution in [2.24, 2.45) is 0 Å². The molecule has 2 aromatic rings. The normalized spacial score (nSPS) is 12.0. The second-order valence-corrected chi connectivity index (χ2v) is 5.93. The number of nitrogens with two attached hydrogens (primary N) is 1. The highest BCUT2D eigenvalue weighted by Gasteiger charge is 2.13. The third-order valence-electron chi connectivity index (χ3n) is 4.10. The molecule has 3 nitrogen and oxygen atoms in total. The summed E-state index contributed by atoms with van der Waals surface area (Å²) in [5, 5.41) is 4.68. The summed E-state index contributed by atoms with van der Waals surface area (Å²) in [5.41, 5.74) is 3.09. The minimum atomic E-state index is -0.865. The van der Waals surface area contributed by atoms with E-state index in [1.54, 1.807) is 5.32 Å². The van der Waals surface area contributed by atoms with Crippen LogP contribution in [0.2, 0.25) is 0 Å². The van der Waals surface area contributed by atoms with Gasteiger partial charge in [-0.3, -0.25) is 4.79 Å². The first-order valence-corrected chi connectivity index (χ1v) is 8.07. The van der Waals surface area contributed by atoms with Crippen molar-refractivity contribution in [3.8, 4) is 0 Å². The third kappa shape index (κ3) is 5.13. The molecule has 2 aromatic carbocycles. The molecule has 24 heavy (non-hydrogen) atoms. The molecule has 0 aliphatic heterocycles. The fourth-order valence-corrected chi connectivity index (χ4v) is 2.51. The largest absolute Gasteiger partial charge is 0.351 e. The average Bonchev–Trinajstić information content (AvgIpc) is 2.57. The van der Waals surface area contributed by atoms with Gasteiger partial charge in [0.2, 0.25) is 0 Å². The van der Waals surface area contributed by atoms with Gasteiger partial charge < -0.3 is 10.6 Å². The van der Waals surface area contributed by atoms with Gasteiger partial charge in [-0.1, -0.05) is 24.3 Å². The van der Waals surface area contributed by atoms with E-state index in [9.17, 15) is 13.6 Å². The second kappa shape index (κ2) is 8.55. The van der Waals surface area contributed by atoms with E-state index in [0.717, 1.165) is 12.5 Å². The summed E-state index contributed by atoms with van der Waals surface area (Å²) in [7, 11) is 0. The lowest BCUT2D eigenvalue weighted by Crippen LogP contribution is -2.87. The number of carbonyl (C=O) groups excluding carboxylic acids is 1. The molecule has 1 amide bonds. The summed E-state index contributed by atoms with van der Waals surface area (Å²) in [6.45, 7) is 4.73. The average molecular weight is 333 g/mol. The van der Waals surface area contributed by atoms with Gasteiger partial charge in [0, 0.05) is 12.1 Å². The number of hydrogen-bond donors (Lipinski definition) is 2. The number of quaternary nitrogens is 1. The molecule has 1 atom stereocenters. The lowest BCUT2D eigenvalue weighted by atomic mass is 10.1. The van der Waals surface area contributed by atoms with Crippen molar-refractivity contribution in [1.29, 1.82) is 0 Å². The summed E-state index contributed by atoms with van der Waals surface area (Å²) in [5.74, 6) is -1.80. The fraction of sp³-hybridized carbons (Fsp3) is 0.316. The van der Waals surface area contributed by atoms with Crippen LogP contribution in [0.15, 0.2) is 42.5 Å². The Morgan fingerprint density at radius 1 is 1.17 bits per heavy atom. The van der Waals surface area contributed by atoms with Crippen molar-refractivity contribution in [3.63, 3.8) is 0 Å². The highest BCUT2D eigenvalue weighted by atomic mass is 19.2. The van der Waals surface area contributed by atoms with Crippen LogP contribution in [0.25, 0.3) is 0 Å². The lowest BCUT2D eigenvalue weighted by Gasteiger charge is -2.12. The Labute approximate surface area is 141 Å². The van der Waals surface area contributed by atoms with Gasteiger partial charge in [0.15, 0.2) is 18.2 Å². The standard InChI is InChI=1S/C19H22F2N2O/c1-13-5-3-4-6-15(13)9-10-22-19(24)12-23-14(2)16-7-8-17(20)18(21)11-16/h3-8,11,14,23H,9-10,12H2,1-2H3,(H,22,24)/p+1/t14-/m0/s1. The van der Waals surface area contributed by atoms with Crippen molar-refractivity contribution in [1.82, 2.24) is 5.32 Å². The predicted octanol–water partition coefficient (Wildman–Crippen LogP) is 2.26. The van der Waals surface area contributed by atoms with Crippen LogP contribution in [0, 0.1) is 18.6 Å². The number of carbonyl (C=O) groups is 1. The first-order valence-electron chi connectivity index (χ1n) is 8.07. The molecule has 0 spiro atoms. The minimum absolute atomic E-state index is 0.0713. The second-order valence-electron chi connectivity index (χ2n) is 5.93. The van der Waals surface area contributed by atoms with Gasteiger partial charge in [0.1, 0.15) is 6.04 Å². The summed E-state index contributed by atoms with van der Waals surface area (Å²) in [6, 6.07) is 11.8. The molecule has 0 aromatic heterocycles. The van der Waals surface area contributed by atoms with Crippen molar-refractivity contribution in [2.45, 2.75) is 26.3 Å². The van der Waals surface area contributed by atoms with Crippen LogP contribution in [0.4, 0.5) is 8.78 Å². The summed E-state index contributed by atoms with van der Waals surface area (Å²) in [6.07, 6.45) is 0.789. The van der Waals surface area contributed by atoms with E-state index >= 15 is 0 Å². The molecule has 0 saturated heterocycles. The summed E-state index contributed by atoms with van der Waals surface area (Å²) in [4.78, 5) is 11.9. The van der Waals surface area contributed by atoms with Gasteiger partial charge >= 0.3 is 0 Å².